The third kappa shape index (κ3) is 2.42. The first kappa shape index (κ1) is 9.49. The van der Waals surface area contributed by atoms with Crippen molar-refractivity contribution in [1.82, 2.24) is 0 Å². The maximum absolute atomic E-state index is 12.9. The fraction of sp³-hybridized carbons (Fsp3) is 0.222. The molecule has 0 saturated heterocycles. The largest absolute Gasteiger partial charge is 0.492 e. The molecule has 13 heavy (non-hydrogen) atoms. The summed E-state index contributed by atoms with van der Waals surface area (Å²) in [6, 6.07) is 5.81. The SMILES string of the molecule is N#Cc1ccc(OCCN)cc1F. The molecule has 1 aromatic rings. The Kier molecular flexibility index (Phi) is 3.23. The summed E-state index contributed by atoms with van der Waals surface area (Å²) in [6.07, 6.45) is 0. The van der Waals surface area contributed by atoms with E-state index >= 15 is 0 Å². The standard InChI is InChI=1S/C9H9FN2O/c10-9-5-8(13-4-3-11)2-1-7(9)6-12/h1-2,5H,3-4,11H2. The van der Waals surface area contributed by atoms with Crippen LogP contribution in [0.2, 0.25) is 0 Å². The van der Waals surface area contributed by atoms with Gasteiger partial charge in [-0.25, -0.2) is 4.39 Å². The van der Waals surface area contributed by atoms with E-state index in [9.17, 15) is 4.39 Å². The fourth-order valence-corrected chi connectivity index (χ4v) is 0.853. The molecule has 0 atom stereocenters. The number of hydrogen-bond acceptors (Lipinski definition) is 3. The van der Waals surface area contributed by atoms with Gasteiger partial charge in [0.15, 0.2) is 0 Å². The first-order valence-corrected chi connectivity index (χ1v) is 3.80. The topological polar surface area (TPSA) is 59.0 Å². The molecule has 4 heteroatoms. The van der Waals surface area contributed by atoms with E-state index in [2.05, 4.69) is 0 Å². The van der Waals surface area contributed by atoms with Crippen LogP contribution in [0.1, 0.15) is 5.56 Å². The molecule has 3 nitrogen and oxygen atoms in total. The monoisotopic (exact) mass is 180 g/mol. The second kappa shape index (κ2) is 4.43. The Morgan fingerprint density at radius 3 is 2.85 bits per heavy atom. The van der Waals surface area contributed by atoms with Crippen LogP contribution in [0.25, 0.3) is 0 Å². The van der Waals surface area contributed by atoms with Gasteiger partial charge in [-0.05, 0) is 12.1 Å². The maximum atomic E-state index is 12.9. The number of nitriles is 1. The summed E-state index contributed by atoms with van der Waals surface area (Å²) in [4.78, 5) is 0. The Morgan fingerprint density at radius 1 is 1.54 bits per heavy atom. The Labute approximate surface area is 75.5 Å². The summed E-state index contributed by atoms with van der Waals surface area (Å²) in [5.41, 5.74) is 5.21. The highest BCUT2D eigenvalue weighted by atomic mass is 19.1. The van der Waals surface area contributed by atoms with E-state index in [0.717, 1.165) is 0 Å². The van der Waals surface area contributed by atoms with Crippen molar-refractivity contribution in [2.45, 2.75) is 0 Å². The summed E-state index contributed by atoms with van der Waals surface area (Å²) in [7, 11) is 0. The Hall–Kier alpha value is -1.60. The van der Waals surface area contributed by atoms with E-state index in [-0.39, 0.29) is 5.56 Å². The van der Waals surface area contributed by atoms with E-state index in [1.165, 1.54) is 18.2 Å². The first-order chi connectivity index (χ1) is 6.27. The average Bonchev–Trinajstić information content (AvgIpc) is 2.15. The van der Waals surface area contributed by atoms with Crippen molar-refractivity contribution < 1.29 is 9.13 Å². The smallest absolute Gasteiger partial charge is 0.144 e. The lowest BCUT2D eigenvalue weighted by Crippen LogP contribution is -2.10. The zero-order valence-electron chi connectivity index (χ0n) is 6.96. The summed E-state index contributed by atoms with van der Waals surface area (Å²) in [6.45, 7) is 0.715. The van der Waals surface area contributed by atoms with Gasteiger partial charge < -0.3 is 10.5 Å². The lowest BCUT2D eigenvalue weighted by Gasteiger charge is -2.03. The zero-order chi connectivity index (χ0) is 9.68. The number of nitrogens with zero attached hydrogens (tertiary/aromatic N) is 1. The molecule has 1 aromatic carbocycles. The predicted molar refractivity (Wildman–Crippen MR) is 45.7 cm³/mol. The van der Waals surface area contributed by atoms with Crippen molar-refractivity contribution in [1.29, 1.82) is 5.26 Å². The van der Waals surface area contributed by atoms with Gasteiger partial charge in [0, 0.05) is 12.6 Å². The van der Waals surface area contributed by atoms with E-state index in [0.29, 0.717) is 18.9 Å². The zero-order valence-corrected chi connectivity index (χ0v) is 6.96. The van der Waals surface area contributed by atoms with Crippen LogP contribution in [0, 0.1) is 17.1 Å². The summed E-state index contributed by atoms with van der Waals surface area (Å²) < 4.78 is 18.0. The molecule has 0 saturated carbocycles. The number of hydrogen-bond donors (Lipinski definition) is 1. The van der Waals surface area contributed by atoms with Gasteiger partial charge in [-0.1, -0.05) is 0 Å². The van der Waals surface area contributed by atoms with E-state index in [1.54, 1.807) is 6.07 Å². The highest BCUT2D eigenvalue weighted by Gasteiger charge is 2.02. The van der Waals surface area contributed by atoms with Crippen molar-refractivity contribution in [3.63, 3.8) is 0 Å². The highest BCUT2D eigenvalue weighted by Crippen LogP contribution is 2.15. The van der Waals surface area contributed by atoms with Crippen LogP contribution in [-0.4, -0.2) is 13.2 Å². The van der Waals surface area contributed by atoms with Crippen LogP contribution in [0.5, 0.6) is 5.75 Å². The molecule has 0 heterocycles. The molecular weight excluding hydrogens is 171 g/mol. The molecule has 0 unspecified atom stereocenters. The van der Waals surface area contributed by atoms with Gasteiger partial charge in [0.25, 0.3) is 0 Å². The van der Waals surface area contributed by atoms with Gasteiger partial charge in [-0.2, -0.15) is 5.26 Å². The lowest BCUT2D eigenvalue weighted by atomic mass is 10.2. The Balaban J connectivity index is 2.79. The minimum atomic E-state index is -0.572. The second-order valence-corrected chi connectivity index (χ2v) is 2.39. The molecule has 0 radical (unpaired) electrons. The van der Waals surface area contributed by atoms with Crippen LogP contribution in [0.3, 0.4) is 0 Å². The van der Waals surface area contributed by atoms with Crippen molar-refractivity contribution in [2.24, 2.45) is 5.73 Å². The number of benzene rings is 1. The molecule has 1 rings (SSSR count). The number of halogens is 1. The number of ether oxygens (including phenoxy) is 1. The van der Waals surface area contributed by atoms with Crippen molar-refractivity contribution in [3.05, 3.63) is 29.6 Å². The fourth-order valence-electron chi connectivity index (χ4n) is 0.853. The predicted octanol–water partition coefficient (Wildman–Crippen LogP) is 1.03. The van der Waals surface area contributed by atoms with Crippen molar-refractivity contribution in [2.75, 3.05) is 13.2 Å². The molecule has 0 aliphatic heterocycles. The molecule has 68 valence electrons. The summed E-state index contributed by atoms with van der Waals surface area (Å²) in [5.74, 6) is -0.182. The average molecular weight is 180 g/mol. The van der Waals surface area contributed by atoms with Crippen molar-refractivity contribution >= 4 is 0 Å². The normalized spacial score (nSPS) is 9.31. The molecule has 0 bridgehead atoms. The van der Waals surface area contributed by atoms with Crippen LogP contribution in [0.4, 0.5) is 4.39 Å². The minimum Gasteiger partial charge on any atom is -0.492 e. The molecule has 0 fully saturated rings. The molecule has 0 aliphatic carbocycles. The summed E-state index contributed by atoms with van der Waals surface area (Å²) in [5, 5.41) is 8.43. The van der Waals surface area contributed by atoms with Gasteiger partial charge in [0.1, 0.15) is 24.2 Å². The quantitative estimate of drug-likeness (QED) is 0.755. The number of nitrogens with two attached hydrogens (primary N) is 1. The van der Waals surface area contributed by atoms with Crippen LogP contribution in [0.15, 0.2) is 18.2 Å². The van der Waals surface area contributed by atoms with E-state index in [1.807, 2.05) is 0 Å². The van der Waals surface area contributed by atoms with E-state index in [4.69, 9.17) is 15.7 Å². The lowest BCUT2D eigenvalue weighted by molar-refractivity contribution is 0.326. The van der Waals surface area contributed by atoms with Crippen LogP contribution in [-0.2, 0) is 0 Å². The Bertz CT molecular complexity index is 333. The maximum Gasteiger partial charge on any atom is 0.144 e. The van der Waals surface area contributed by atoms with Gasteiger partial charge in [0.2, 0.25) is 0 Å². The molecular formula is C9H9FN2O. The third-order valence-corrected chi connectivity index (χ3v) is 1.45. The van der Waals surface area contributed by atoms with Crippen LogP contribution < -0.4 is 10.5 Å². The molecule has 0 aliphatic rings. The Morgan fingerprint density at radius 2 is 2.31 bits per heavy atom. The third-order valence-electron chi connectivity index (χ3n) is 1.45. The van der Waals surface area contributed by atoms with Gasteiger partial charge >= 0.3 is 0 Å². The summed E-state index contributed by atoms with van der Waals surface area (Å²) >= 11 is 0. The van der Waals surface area contributed by atoms with Gasteiger partial charge in [-0.3, -0.25) is 0 Å². The van der Waals surface area contributed by atoms with Crippen LogP contribution >= 0.6 is 0 Å². The molecule has 0 spiro atoms. The molecule has 0 amide bonds. The van der Waals surface area contributed by atoms with Crippen molar-refractivity contribution in [3.8, 4) is 11.8 Å². The molecule has 0 aromatic heterocycles. The first-order valence-electron chi connectivity index (χ1n) is 3.80. The second-order valence-electron chi connectivity index (χ2n) is 2.39. The highest BCUT2D eigenvalue weighted by molar-refractivity contribution is 5.36. The number of rotatable bonds is 3. The molecule has 2 N–H and O–H groups in total. The van der Waals surface area contributed by atoms with Gasteiger partial charge in [-0.15, -0.1) is 0 Å². The van der Waals surface area contributed by atoms with Gasteiger partial charge in [0.05, 0.1) is 5.56 Å². The van der Waals surface area contributed by atoms with E-state index < -0.39 is 5.82 Å². The minimum absolute atomic E-state index is 0.0140.